The number of halogens is 1. The van der Waals surface area contributed by atoms with Gasteiger partial charge in [-0.15, -0.1) is 32.9 Å². The number of carbonyl (C=O) groups is 5. The number of aryl methyl sites for hydroxylation is 3. The molecular weight excluding hydrogens is 960 g/mol. The zero-order chi connectivity index (χ0) is 50.9. The third kappa shape index (κ3) is 11.3. The highest BCUT2D eigenvalue weighted by Gasteiger charge is 2.45. The molecule has 0 spiro atoms. The van der Waals surface area contributed by atoms with Crippen LogP contribution in [-0.2, 0) is 24.0 Å². The van der Waals surface area contributed by atoms with Crippen molar-refractivity contribution in [3.8, 4) is 15.4 Å². The second-order valence-electron chi connectivity index (χ2n) is 20.0. The summed E-state index contributed by atoms with van der Waals surface area (Å²) in [5, 5.41) is 27.2. The second kappa shape index (κ2) is 21.5. The molecule has 3 aromatic heterocycles. The van der Waals surface area contributed by atoms with E-state index >= 15 is 0 Å². The first-order chi connectivity index (χ1) is 33.8. The van der Waals surface area contributed by atoms with Gasteiger partial charge in [-0.2, -0.15) is 0 Å². The van der Waals surface area contributed by atoms with Crippen LogP contribution in [0.25, 0.3) is 15.4 Å². The van der Waals surface area contributed by atoms with E-state index in [1.54, 1.807) is 32.5 Å². The zero-order valence-electron chi connectivity index (χ0n) is 41.6. The summed E-state index contributed by atoms with van der Waals surface area (Å²) in [7, 11) is 0. The number of amides is 5. The Bertz CT molecular complexity index is 2820. The molecule has 71 heavy (non-hydrogen) atoms. The number of likely N-dealkylation sites (tertiary alicyclic amines) is 1. The second-order valence-corrected chi connectivity index (χ2v) is 22.5. The highest BCUT2D eigenvalue weighted by atomic mass is 35.5. The molecule has 0 bridgehead atoms. The first-order valence-corrected chi connectivity index (χ1v) is 26.4. The molecule has 1 unspecified atom stereocenters. The third-order valence-corrected chi connectivity index (χ3v) is 16.2. The number of aliphatic hydroxyl groups is 1. The molecule has 2 aromatic carbocycles. The summed E-state index contributed by atoms with van der Waals surface area (Å²) in [6, 6.07) is 12.7. The Morgan fingerprint density at radius 2 is 1.51 bits per heavy atom. The first kappa shape index (κ1) is 51.5. The molecule has 3 N–H and O–H groups in total. The minimum atomic E-state index is -0.958. The number of hydrogen-bond donors (Lipinski definition) is 3. The van der Waals surface area contributed by atoms with Gasteiger partial charge in [0.25, 0.3) is 0 Å². The van der Waals surface area contributed by atoms with E-state index in [9.17, 15) is 29.1 Å². The maximum Gasteiger partial charge on any atom is 0.246 e. The quantitative estimate of drug-likeness (QED) is 0.0963. The maximum atomic E-state index is 14.2. The molecule has 0 radical (unpaired) electrons. The number of benzene rings is 2. The molecule has 2 fully saturated rings. The molecule has 6 heterocycles. The standard InChI is InChI=1S/C52H63ClN10O6S2/c1-29-32(4)71-51-44(29)45(35-17-19-37(53)20-18-35)56-39(48-59-58-33(5)63(48)51)26-43(67)61-23-21-60(22-24-61)42(66)12-10-9-11-41(65)57-47(52(6,7)8)50(69)62-27-38(64)25-40(62)49(68)55-30(2)34-13-15-36(16-14-34)46-31(3)54-28-70-46/h13-20,28,30,38-40,47,64H,9-12,21-27H2,1-8H3,(H,55,68)(H,57,65)/t30-,38+,39-,40-,47?/m0/s1. The normalized spacial score (nSPS) is 18.8. The number of aliphatic hydroxyl groups excluding tert-OH is 1. The van der Waals surface area contributed by atoms with E-state index in [1.807, 2.05) is 100 Å². The van der Waals surface area contributed by atoms with Crippen LogP contribution < -0.4 is 10.6 Å². The predicted molar refractivity (Wildman–Crippen MR) is 276 cm³/mol. The fourth-order valence-electron chi connectivity index (χ4n) is 9.60. The summed E-state index contributed by atoms with van der Waals surface area (Å²) < 4.78 is 2.03. The predicted octanol–water partition coefficient (Wildman–Crippen LogP) is 7.22. The lowest BCUT2D eigenvalue weighted by molar-refractivity contribution is -0.144. The van der Waals surface area contributed by atoms with E-state index in [0.29, 0.717) is 55.7 Å². The van der Waals surface area contributed by atoms with Crippen LogP contribution in [-0.4, -0.2) is 126 Å². The summed E-state index contributed by atoms with van der Waals surface area (Å²) in [5.41, 5.74) is 7.78. The number of thiophene rings is 1. The Hall–Kier alpha value is -5.82. The number of nitrogens with one attached hydrogen (secondary N) is 2. The van der Waals surface area contributed by atoms with Crippen molar-refractivity contribution in [1.82, 2.24) is 45.1 Å². The molecule has 376 valence electrons. The van der Waals surface area contributed by atoms with Crippen molar-refractivity contribution in [1.29, 1.82) is 0 Å². The Balaban J connectivity index is 0.811. The monoisotopic (exact) mass is 1020 g/mol. The largest absolute Gasteiger partial charge is 0.391 e. The number of carbonyl (C=O) groups excluding carboxylic acids is 5. The van der Waals surface area contributed by atoms with Crippen LogP contribution >= 0.6 is 34.3 Å². The lowest BCUT2D eigenvalue weighted by atomic mass is 9.85. The fourth-order valence-corrected chi connectivity index (χ4v) is 11.8. The summed E-state index contributed by atoms with van der Waals surface area (Å²) in [5.74, 6) is 0.0486. The molecule has 19 heteroatoms. The van der Waals surface area contributed by atoms with Gasteiger partial charge in [-0.3, -0.25) is 33.5 Å². The van der Waals surface area contributed by atoms with E-state index in [1.165, 1.54) is 4.90 Å². The molecule has 3 aliphatic rings. The molecule has 5 amide bonds. The average molecular weight is 1020 g/mol. The number of unbranched alkanes of at least 4 members (excludes halogenated alkanes) is 1. The van der Waals surface area contributed by atoms with Crippen LogP contribution in [0.5, 0.6) is 0 Å². The molecule has 2 saturated heterocycles. The van der Waals surface area contributed by atoms with Gasteiger partial charge in [0.1, 0.15) is 29.0 Å². The third-order valence-electron chi connectivity index (χ3n) is 13.8. The molecule has 3 aliphatic heterocycles. The minimum absolute atomic E-state index is 0.0259. The van der Waals surface area contributed by atoms with Crippen molar-refractivity contribution < 1.29 is 29.1 Å². The Morgan fingerprint density at radius 1 is 0.859 bits per heavy atom. The summed E-state index contributed by atoms with van der Waals surface area (Å²) in [6.07, 6.45) is 0.504. The van der Waals surface area contributed by atoms with Gasteiger partial charge in [-0.25, -0.2) is 4.98 Å². The van der Waals surface area contributed by atoms with Gasteiger partial charge in [-0.1, -0.05) is 68.8 Å². The SMILES string of the molecule is Cc1ncsc1-c1ccc([C@H](C)NC(=O)[C@@H]2C[C@@H](O)CN2C(=O)C(NC(=O)CCCCC(=O)N2CCN(C(=O)C[C@@H]3N=C(c4ccc(Cl)cc4)c4c(sc(C)c4C)-n4c(C)nnc43)CC2)C(C)(C)C)cc1. The Morgan fingerprint density at radius 3 is 2.15 bits per heavy atom. The number of β-amino-alcohol motifs (C(OH)–C–C–N with tert-alkyl or cyclic N) is 1. The molecule has 0 saturated carbocycles. The molecule has 5 atom stereocenters. The van der Waals surface area contributed by atoms with E-state index in [4.69, 9.17) is 16.6 Å². The smallest absolute Gasteiger partial charge is 0.246 e. The van der Waals surface area contributed by atoms with E-state index in [2.05, 4.69) is 39.7 Å². The van der Waals surface area contributed by atoms with E-state index in [0.717, 1.165) is 54.0 Å². The van der Waals surface area contributed by atoms with Gasteiger partial charge >= 0.3 is 0 Å². The number of hydrogen-bond acceptors (Lipinski definition) is 12. The van der Waals surface area contributed by atoms with Crippen LogP contribution in [0.2, 0.25) is 5.02 Å². The molecule has 0 aliphatic carbocycles. The number of rotatable bonds is 14. The van der Waals surface area contributed by atoms with Gasteiger partial charge in [0.05, 0.1) is 40.4 Å². The zero-order valence-corrected chi connectivity index (χ0v) is 44.0. The van der Waals surface area contributed by atoms with Gasteiger partial charge in [-0.05, 0) is 81.7 Å². The number of thiazole rings is 1. The van der Waals surface area contributed by atoms with Crippen LogP contribution in [0.1, 0.15) is 123 Å². The van der Waals surface area contributed by atoms with Gasteiger partial charge in [0, 0.05) is 73.0 Å². The first-order valence-electron chi connectivity index (χ1n) is 24.3. The van der Waals surface area contributed by atoms with Crippen LogP contribution in [0, 0.1) is 33.1 Å². The number of fused-ring (bicyclic) bond motifs is 3. The van der Waals surface area contributed by atoms with Gasteiger partial charge < -0.3 is 30.4 Å². The summed E-state index contributed by atoms with van der Waals surface area (Å²) in [6.45, 7) is 17.0. The van der Waals surface area contributed by atoms with Gasteiger partial charge in [0.15, 0.2) is 5.82 Å². The number of aliphatic imine (C=N–C) groups is 1. The Kier molecular flexibility index (Phi) is 15.6. The highest BCUT2D eigenvalue weighted by molar-refractivity contribution is 7.15. The van der Waals surface area contributed by atoms with Crippen LogP contribution in [0.15, 0.2) is 59.0 Å². The van der Waals surface area contributed by atoms with Crippen molar-refractivity contribution in [3.63, 3.8) is 0 Å². The van der Waals surface area contributed by atoms with Crippen LogP contribution in [0.3, 0.4) is 0 Å². The Labute approximate surface area is 427 Å². The van der Waals surface area contributed by atoms with E-state index in [-0.39, 0.29) is 61.9 Å². The lowest BCUT2D eigenvalue weighted by Gasteiger charge is -2.35. The average Bonchev–Trinajstić information content (AvgIpc) is 4.11. The highest BCUT2D eigenvalue weighted by Crippen LogP contribution is 2.40. The maximum absolute atomic E-state index is 14.2. The topological polar surface area (TPSA) is 195 Å². The van der Waals surface area contributed by atoms with Crippen LogP contribution in [0.4, 0.5) is 0 Å². The molecule has 8 rings (SSSR count). The van der Waals surface area contributed by atoms with Crippen molar-refractivity contribution in [2.75, 3.05) is 32.7 Å². The summed E-state index contributed by atoms with van der Waals surface area (Å²) in [4.78, 5) is 85.5. The number of piperazine rings is 1. The number of aromatic nitrogens is 4. The minimum Gasteiger partial charge on any atom is -0.391 e. The van der Waals surface area contributed by atoms with Crippen molar-refractivity contribution in [3.05, 3.63) is 104 Å². The van der Waals surface area contributed by atoms with Crippen molar-refractivity contribution in [2.24, 2.45) is 10.4 Å². The number of nitrogens with zero attached hydrogens (tertiary/aromatic N) is 8. The van der Waals surface area contributed by atoms with Crippen molar-refractivity contribution >= 4 is 69.5 Å². The lowest BCUT2D eigenvalue weighted by Crippen LogP contribution is -2.57. The molecular formula is C52H63ClN10O6S2. The fraction of sp³-hybridized carbons (Fsp3) is 0.481. The molecule has 16 nitrogen and oxygen atoms in total. The van der Waals surface area contributed by atoms with E-state index < -0.39 is 35.6 Å². The van der Waals surface area contributed by atoms with Crippen molar-refractivity contribution in [2.45, 2.75) is 124 Å². The summed E-state index contributed by atoms with van der Waals surface area (Å²) >= 11 is 9.50. The molecule has 5 aromatic rings. The van der Waals surface area contributed by atoms with Gasteiger partial charge in [0.2, 0.25) is 29.5 Å².